The lowest BCUT2D eigenvalue weighted by Gasteiger charge is -2.37. The van der Waals surface area contributed by atoms with E-state index in [4.69, 9.17) is 9.47 Å². The molecule has 3 aliphatic rings. The first-order chi connectivity index (χ1) is 20.2. The Hall–Kier alpha value is -3.49. The van der Waals surface area contributed by atoms with Crippen molar-refractivity contribution in [2.45, 2.75) is 63.2 Å². The van der Waals surface area contributed by atoms with E-state index in [0.29, 0.717) is 31.5 Å². The molecular weight excluding hydrogens is 532 g/mol. The summed E-state index contributed by atoms with van der Waals surface area (Å²) < 4.78 is 12.3. The quantitative estimate of drug-likeness (QED) is 0.213. The number of unbranched alkanes of at least 4 members (excludes halogenated alkanes) is 3. The minimum absolute atomic E-state index is 0.0414. The summed E-state index contributed by atoms with van der Waals surface area (Å²) in [5, 5.41) is 11.3. The number of carbonyl (C=O) groups excluding carboxylic acids is 3. The van der Waals surface area contributed by atoms with Crippen molar-refractivity contribution in [2.24, 2.45) is 17.8 Å². The standard InChI is InChI=1S/C34H42N2O6/c1-5-17-35(26-16-15-24-13-9-10-14-25(24)21-26)31(39)29-34-22-23(3)33(4,42-34)28(32(40)41-20-6-2)27(34)30(38)36(29)18-11-7-8-12-19-37/h5-6,9-10,13-16,21,23,27-29,37H,1-2,7-8,11-12,17-20,22H2,3-4H3/t23?,27-,28+,29?,33-,34?/m0/s1. The van der Waals surface area contributed by atoms with Gasteiger partial charge in [-0.05, 0) is 55.0 Å². The fraction of sp³-hybridized carbons (Fsp3) is 0.500. The molecule has 2 aromatic rings. The number of benzene rings is 2. The summed E-state index contributed by atoms with van der Waals surface area (Å²) >= 11 is 0. The molecule has 0 radical (unpaired) electrons. The highest BCUT2D eigenvalue weighted by atomic mass is 16.6. The molecule has 0 aromatic heterocycles. The zero-order valence-electron chi connectivity index (χ0n) is 24.7. The number of aliphatic hydroxyl groups is 1. The largest absolute Gasteiger partial charge is 0.461 e. The molecule has 6 atom stereocenters. The first kappa shape index (κ1) is 30.0. The van der Waals surface area contributed by atoms with Gasteiger partial charge in [0.05, 0.1) is 11.5 Å². The zero-order chi connectivity index (χ0) is 30.1. The van der Waals surface area contributed by atoms with Gasteiger partial charge in [-0.1, -0.05) is 68.8 Å². The summed E-state index contributed by atoms with van der Waals surface area (Å²) in [5.74, 6) is -2.67. The number of rotatable bonds is 13. The van der Waals surface area contributed by atoms with Crippen LogP contribution in [-0.4, -0.2) is 71.3 Å². The van der Waals surface area contributed by atoms with Gasteiger partial charge in [0.1, 0.15) is 24.2 Å². The van der Waals surface area contributed by atoms with Crippen LogP contribution in [-0.2, 0) is 23.9 Å². The third-order valence-corrected chi connectivity index (χ3v) is 9.58. The molecule has 8 nitrogen and oxygen atoms in total. The Kier molecular flexibility index (Phi) is 8.58. The van der Waals surface area contributed by atoms with E-state index in [1.54, 1.807) is 15.9 Å². The highest BCUT2D eigenvalue weighted by molar-refractivity contribution is 6.05. The van der Waals surface area contributed by atoms with Crippen LogP contribution in [0, 0.1) is 17.8 Å². The van der Waals surface area contributed by atoms with Gasteiger partial charge in [-0.15, -0.1) is 6.58 Å². The lowest BCUT2D eigenvalue weighted by atomic mass is 9.62. The molecule has 2 aromatic carbocycles. The van der Waals surface area contributed by atoms with Gasteiger partial charge in [0.15, 0.2) is 0 Å². The molecule has 3 heterocycles. The molecule has 2 bridgehead atoms. The van der Waals surface area contributed by atoms with Gasteiger partial charge in [0, 0.05) is 25.4 Å². The van der Waals surface area contributed by atoms with Crippen LogP contribution in [0.25, 0.3) is 10.8 Å². The second-order valence-electron chi connectivity index (χ2n) is 12.1. The molecule has 1 spiro atoms. The lowest BCUT2D eigenvalue weighted by Crippen LogP contribution is -2.57. The van der Waals surface area contributed by atoms with Crippen molar-refractivity contribution in [3.05, 3.63) is 67.8 Å². The second kappa shape index (κ2) is 12.0. The summed E-state index contributed by atoms with van der Waals surface area (Å²) in [6, 6.07) is 12.9. The van der Waals surface area contributed by atoms with Crippen LogP contribution < -0.4 is 4.90 Å². The first-order valence-corrected chi connectivity index (χ1v) is 15.0. The van der Waals surface area contributed by atoms with Gasteiger partial charge in [-0.2, -0.15) is 0 Å². The van der Waals surface area contributed by atoms with E-state index in [-0.39, 0.29) is 37.5 Å². The number of aliphatic hydroxyl groups excluding tert-OH is 1. The van der Waals surface area contributed by atoms with Gasteiger partial charge in [-0.3, -0.25) is 14.4 Å². The maximum absolute atomic E-state index is 14.8. The third kappa shape index (κ3) is 4.84. The second-order valence-corrected chi connectivity index (χ2v) is 12.1. The van der Waals surface area contributed by atoms with Crippen molar-refractivity contribution in [1.29, 1.82) is 0 Å². The number of amides is 2. The van der Waals surface area contributed by atoms with Crippen molar-refractivity contribution in [3.8, 4) is 0 Å². The average Bonchev–Trinajstić information content (AvgIpc) is 3.50. The maximum atomic E-state index is 14.8. The molecule has 8 heteroatoms. The summed E-state index contributed by atoms with van der Waals surface area (Å²) in [6.45, 7) is 12.2. The van der Waals surface area contributed by atoms with E-state index >= 15 is 0 Å². The topological polar surface area (TPSA) is 96.4 Å². The third-order valence-electron chi connectivity index (χ3n) is 9.58. The van der Waals surface area contributed by atoms with Crippen LogP contribution in [0.4, 0.5) is 5.69 Å². The average molecular weight is 575 g/mol. The number of hydrogen-bond acceptors (Lipinski definition) is 6. The predicted octanol–water partition coefficient (Wildman–Crippen LogP) is 4.65. The number of fused-ring (bicyclic) bond motifs is 2. The van der Waals surface area contributed by atoms with Crippen LogP contribution in [0.3, 0.4) is 0 Å². The number of hydrogen-bond donors (Lipinski definition) is 1. The van der Waals surface area contributed by atoms with Crippen molar-refractivity contribution in [3.63, 3.8) is 0 Å². The number of anilines is 1. The highest BCUT2D eigenvalue weighted by Gasteiger charge is 2.80. The molecule has 0 aliphatic carbocycles. The van der Waals surface area contributed by atoms with Crippen molar-refractivity contribution in [1.82, 2.24) is 4.90 Å². The normalized spacial score (nSPS) is 29.5. The van der Waals surface area contributed by atoms with Gasteiger partial charge in [0.2, 0.25) is 5.91 Å². The van der Waals surface area contributed by atoms with Crippen molar-refractivity contribution in [2.75, 3.05) is 31.2 Å². The molecule has 3 aliphatic heterocycles. The number of likely N-dealkylation sites (tertiary alicyclic amines) is 1. The van der Waals surface area contributed by atoms with Crippen molar-refractivity contribution >= 4 is 34.2 Å². The number of ether oxygens (including phenoxy) is 2. The van der Waals surface area contributed by atoms with Crippen LogP contribution in [0.2, 0.25) is 0 Å². The first-order valence-electron chi connectivity index (χ1n) is 15.0. The molecule has 224 valence electrons. The molecule has 42 heavy (non-hydrogen) atoms. The van der Waals surface area contributed by atoms with Crippen LogP contribution >= 0.6 is 0 Å². The Morgan fingerprint density at radius 1 is 1.12 bits per heavy atom. The Morgan fingerprint density at radius 2 is 1.86 bits per heavy atom. The van der Waals surface area contributed by atoms with Crippen LogP contribution in [0.5, 0.6) is 0 Å². The molecule has 3 fully saturated rings. The fourth-order valence-electron chi connectivity index (χ4n) is 7.54. The van der Waals surface area contributed by atoms with E-state index in [0.717, 1.165) is 23.6 Å². The predicted molar refractivity (Wildman–Crippen MR) is 162 cm³/mol. The van der Waals surface area contributed by atoms with Gasteiger partial charge in [0.25, 0.3) is 5.91 Å². The minimum Gasteiger partial charge on any atom is -0.461 e. The Bertz CT molecular complexity index is 1370. The minimum atomic E-state index is -1.15. The molecule has 1 N–H and O–H groups in total. The lowest BCUT2D eigenvalue weighted by molar-refractivity contribution is -0.160. The smallest absolute Gasteiger partial charge is 0.313 e. The van der Waals surface area contributed by atoms with E-state index in [1.807, 2.05) is 56.3 Å². The zero-order valence-corrected chi connectivity index (χ0v) is 24.7. The number of nitrogens with zero attached hydrogens (tertiary/aromatic N) is 2. The van der Waals surface area contributed by atoms with E-state index in [1.165, 1.54) is 6.08 Å². The molecule has 5 rings (SSSR count). The maximum Gasteiger partial charge on any atom is 0.313 e. The van der Waals surface area contributed by atoms with E-state index < -0.39 is 35.0 Å². The van der Waals surface area contributed by atoms with Gasteiger partial charge < -0.3 is 24.4 Å². The van der Waals surface area contributed by atoms with Crippen LogP contribution in [0.15, 0.2) is 67.8 Å². The van der Waals surface area contributed by atoms with Crippen LogP contribution in [0.1, 0.15) is 46.0 Å². The van der Waals surface area contributed by atoms with E-state index in [9.17, 15) is 19.5 Å². The molecular formula is C34H42N2O6. The Labute approximate surface area is 248 Å². The Balaban J connectivity index is 1.56. The SMILES string of the molecule is C=CCOC(=O)[C@H]1[C@H]2C(=O)N(CCCCCCO)C(C(=O)N(CC=C)c3ccc4ccccc4c3)C23CC(C)[C@]1(C)O3. The summed E-state index contributed by atoms with van der Waals surface area (Å²) in [4.78, 5) is 45.9. The Morgan fingerprint density at radius 3 is 2.57 bits per heavy atom. The molecule has 3 unspecified atom stereocenters. The van der Waals surface area contributed by atoms with Gasteiger partial charge >= 0.3 is 5.97 Å². The van der Waals surface area contributed by atoms with Crippen molar-refractivity contribution < 1.29 is 29.0 Å². The molecule has 3 saturated heterocycles. The van der Waals surface area contributed by atoms with Gasteiger partial charge in [-0.25, -0.2) is 0 Å². The highest BCUT2D eigenvalue weighted by Crippen LogP contribution is 2.65. The fourth-order valence-corrected chi connectivity index (χ4v) is 7.54. The summed E-state index contributed by atoms with van der Waals surface area (Å²) in [5.41, 5.74) is -1.37. The monoisotopic (exact) mass is 574 g/mol. The molecule has 2 amide bonds. The molecule has 0 saturated carbocycles. The summed E-state index contributed by atoms with van der Waals surface area (Å²) in [7, 11) is 0. The number of esters is 1. The van der Waals surface area contributed by atoms with E-state index in [2.05, 4.69) is 13.2 Å². The summed E-state index contributed by atoms with van der Waals surface area (Å²) in [6.07, 6.45) is 6.68. The number of carbonyl (C=O) groups is 3.